The highest BCUT2D eigenvalue weighted by Gasteiger charge is 2.54. The summed E-state index contributed by atoms with van der Waals surface area (Å²) in [6.07, 6.45) is 1.23. The lowest BCUT2D eigenvalue weighted by molar-refractivity contribution is -0.144. The summed E-state index contributed by atoms with van der Waals surface area (Å²) in [5.74, 6) is -0.692. The van der Waals surface area contributed by atoms with E-state index in [-0.39, 0.29) is 41.7 Å². The third kappa shape index (κ3) is 6.19. The first-order valence-corrected chi connectivity index (χ1v) is 13.7. The molecule has 3 aliphatic rings. The maximum atomic E-state index is 13.8. The van der Waals surface area contributed by atoms with Crippen LogP contribution >= 0.6 is 0 Å². The summed E-state index contributed by atoms with van der Waals surface area (Å²) in [7, 11) is 0. The first-order chi connectivity index (χ1) is 18.2. The molecule has 3 saturated heterocycles. The van der Waals surface area contributed by atoms with Crippen molar-refractivity contribution in [1.29, 1.82) is 5.26 Å². The van der Waals surface area contributed by atoms with Gasteiger partial charge in [0.15, 0.2) is 0 Å². The van der Waals surface area contributed by atoms with Crippen LogP contribution in [0, 0.1) is 22.6 Å². The summed E-state index contributed by atoms with van der Waals surface area (Å²) < 4.78 is 19.1. The van der Waals surface area contributed by atoms with Crippen LogP contribution in [0.2, 0.25) is 0 Å². The Labute approximate surface area is 230 Å². The number of rotatable bonds is 6. The van der Waals surface area contributed by atoms with Crippen molar-refractivity contribution in [3.63, 3.8) is 0 Å². The van der Waals surface area contributed by atoms with Crippen molar-refractivity contribution in [1.82, 2.24) is 20.0 Å². The minimum atomic E-state index is -0.954. The Bertz CT molecular complexity index is 1140. The minimum absolute atomic E-state index is 0.0324. The lowest BCUT2D eigenvalue weighted by Gasteiger charge is -2.45. The molecule has 9 nitrogen and oxygen atoms in total. The molecule has 0 aliphatic carbocycles. The minimum Gasteiger partial charge on any atom is -0.444 e. The van der Waals surface area contributed by atoms with Crippen LogP contribution in [0.5, 0.6) is 0 Å². The van der Waals surface area contributed by atoms with Crippen LogP contribution in [-0.2, 0) is 14.3 Å². The molecule has 1 N–H and O–H groups in total. The number of nitrogens with one attached hydrogen (secondary N) is 1. The topological polar surface area (TPSA) is 106 Å². The zero-order chi connectivity index (χ0) is 28.7. The van der Waals surface area contributed by atoms with Gasteiger partial charge in [0.05, 0.1) is 18.2 Å². The second-order valence-electron chi connectivity index (χ2n) is 12.9. The van der Waals surface area contributed by atoms with Crippen LogP contribution < -0.4 is 5.32 Å². The SMILES string of the molecule is CC(C)(C)OC(=O)N[C@@H](CN1C[C@@H]2C[C@H]1C(=O)N2[C@@H](c1ccc(F)cc1)C(C)(C)C)C(=O)N1CCC[C@H]1C#N. The number of amides is 3. The largest absolute Gasteiger partial charge is 0.444 e. The number of nitrogens with zero attached hydrogens (tertiary/aromatic N) is 4. The van der Waals surface area contributed by atoms with Crippen LogP contribution in [0.25, 0.3) is 0 Å². The Balaban J connectivity index is 1.54. The predicted octanol–water partition coefficient (Wildman–Crippen LogP) is 3.61. The molecule has 0 saturated carbocycles. The molecule has 10 heteroatoms. The van der Waals surface area contributed by atoms with Gasteiger partial charge in [-0.25, -0.2) is 9.18 Å². The Hall–Kier alpha value is -3.19. The lowest BCUT2D eigenvalue weighted by Crippen LogP contribution is -2.59. The number of fused-ring (bicyclic) bond motifs is 2. The number of benzene rings is 1. The maximum Gasteiger partial charge on any atom is 0.408 e. The number of piperazine rings is 1. The summed E-state index contributed by atoms with van der Waals surface area (Å²) in [5.41, 5.74) is -0.152. The van der Waals surface area contributed by atoms with E-state index in [0.29, 0.717) is 25.9 Å². The van der Waals surface area contributed by atoms with E-state index in [1.165, 1.54) is 17.0 Å². The second kappa shape index (κ2) is 10.8. The Kier molecular flexibility index (Phi) is 7.95. The highest BCUT2D eigenvalue weighted by atomic mass is 19.1. The Morgan fingerprint density at radius 2 is 1.85 bits per heavy atom. The van der Waals surface area contributed by atoms with Gasteiger partial charge >= 0.3 is 6.09 Å². The summed E-state index contributed by atoms with van der Waals surface area (Å²) >= 11 is 0. The third-order valence-electron chi connectivity index (χ3n) is 7.69. The molecule has 1 aromatic rings. The maximum absolute atomic E-state index is 13.8. The first-order valence-electron chi connectivity index (χ1n) is 13.7. The molecule has 39 heavy (non-hydrogen) atoms. The van der Waals surface area contributed by atoms with Crippen molar-refractivity contribution in [2.24, 2.45) is 5.41 Å². The van der Waals surface area contributed by atoms with Crippen LogP contribution in [0.3, 0.4) is 0 Å². The summed E-state index contributed by atoms with van der Waals surface area (Å²) in [5, 5.41) is 12.2. The van der Waals surface area contributed by atoms with Crippen molar-refractivity contribution in [2.75, 3.05) is 19.6 Å². The molecule has 4 rings (SSSR count). The number of carbonyl (C=O) groups is 3. The fraction of sp³-hybridized carbons (Fsp3) is 0.655. The molecule has 212 valence electrons. The number of ether oxygens (including phenoxy) is 1. The van der Waals surface area contributed by atoms with Crippen LogP contribution in [-0.4, -0.2) is 82.0 Å². The van der Waals surface area contributed by atoms with Crippen molar-refractivity contribution in [3.8, 4) is 6.07 Å². The lowest BCUT2D eigenvalue weighted by atomic mass is 9.80. The van der Waals surface area contributed by atoms with E-state index >= 15 is 0 Å². The average Bonchev–Trinajstić information content (AvgIpc) is 3.53. The monoisotopic (exact) mass is 541 g/mol. The molecule has 0 radical (unpaired) electrons. The van der Waals surface area contributed by atoms with Gasteiger partial charge in [0.25, 0.3) is 0 Å². The van der Waals surface area contributed by atoms with E-state index in [0.717, 1.165) is 12.0 Å². The van der Waals surface area contributed by atoms with E-state index in [9.17, 15) is 24.0 Å². The van der Waals surface area contributed by atoms with Crippen LogP contribution in [0.1, 0.15) is 72.4 Å². The average molecular weight is 542 g/mol. The van der Waals surface area contributed by atoms with Crippen molar-refractivity contribution < 1.29 is 23.5 Å². The van der Waals surface area contributed by atoms with Crippen molar-refractivity contribution in [3.05, 3.63) is 35.6 Å². The third-order valence-corrected chi connectivity index (χ3v) is 7.69. The number of alkyl carbamates (subject to hydrolysis) is 1. The molecule has 2 bridgehead atoms. The number of likely N-dealkylation sites (tertiary alicyclic amines) is 3. The number of carbonyl (C=O) groups excluding carboxylic acids is 3. The van der Waals surface area contributed by atoms with Gasteiger partial charge in [0, 0.05) is 25.7 Å². The van der Waals surface area contributed by atoms with Gasteiger partial charge in [0.1, 0.15) is 23.5 Å². The van der Waals surface area contributed by atoms with E-state index in [2.05, 4.69) is 32.2 Å². The van der Waals surface area contributed by atoms with Crippen LogP contribution in [0.15, 0.2) is 24.3 Å². The van der Waals surface area contributed by atoms with Gasteiger partial charge < -0.3 is 19.9 Å². The number of hydrogen-bond donors (Lipinski definition) is 1. The van der Waals surface area contributed by atoms with E-state index in [4.69, 9.17) is 4.74 Å². The second-order valence-corrected chi connectivity index (χ2v) is 12.9. The fourth-order valence-electron chi connectivity index (χ4n) is 6.19. The normalized spacial score (nSPS) is 25.0. The Morgan fingerprint density at radius 1 is 1.18 bits per heavy atom. The molecule has 3 amide bonds. The van der Waals surface area contributed by atoms with Gasteiger partial charge in [-0.15, -0.1) is 0 Å². The zero-order valence-corrected chi connectivity index (χ0v) is 23.7. The highest BCUT2D eigenvalue weighted by molar-refractivity contribution is 5.88. The summed E-state index contributed by atoms with van der Waals surface area (Å²) in [4.78, 5) is 45.4. The van der Waals surface area contributed by atoms with Crippen molar-refractivity contribution >= 4 is 17.9 Å². The van der Waals surface area contributed by atoms with Crippen molar-refractivity contribution in [2.45, 2.75) is 96.6 Å². The van der Waals surface area contributed by atoms with E-state index in [1.807, 2.05) is 9.80 Å². The number of nitriles is 1. The molecular weight excluding hydrogens is 501 g/mol. The summed E-state index contributed by atoms with van der Waals surface area (Å²) in [6.45, 7) is 12.6. The van der Waals surface area contributed by atoms with Crippen LogP contribution in [0.4, 0.5) is 9.18 Å². The summed E-state index contributed by atoms with van der Waals surface area (Å²) in [6, 6.07) is 6.28. The first kappa shape index (κ1) is 28.8. The molecule has 5 atom stereocenters. The molecule has 0 spiro atoms. The van der Waals surface area contributed by atoms with Gasteiger partial charge in [-0.05, 0) is 63.1 Å². The standard InChI is InChI=1S/C29H40FN5O4/c1-28(2,3)24(18-9-11-19(30)12-10-18)35-21-14-23(26(35)37)33(16-21)17-22(32-27(38)39-29(4,5)6)25(36)34-13-7-8-20(34)15-31/h9-12,20-24H,7-8,13-14,16-17H2,1-6H3,(H,32,38)/t20-,21-,22-,23-,24-/m0/s1. The predicted molar refractivity (Wildman–Crippen MR) is 143 cm³/mol. The molecule has 0 unspecified atom stereocenters. The van der Waals surface area contributed by atoms with Gasteiger partial charge in [-0.2, -0.15) is 5.26 Å². The molecular formula is C29H40FN5O4. The zero-order valence-electron chi connectivity index (χ0n) is 23.7. The van der Waals surface area contributed by atoms with E-state index < -0.39 is 29.8 Å². The molecule has 1 aromatic carbocycles. The molecule has 3 aliphatic heterocycles. The smallest absolute Gasteiger partial charge is 0.408 e. The van der Waals surface area contributed by atoms with Gasteiger partial charge in [0.2, 0.25) is 11.8 Å². The molecule has 0 aromatic heterocycles. The molecule has 3 fully saturated rings. The van der Waals surface area contributed by atoms with E-state index in [1.54, 1.807) is 32.9 Å². The van der Waals surface area contributed by atoms with Gasteiger partial charge in [-0.3, -0.25) is 14.5 Å². The van der Waals surface area contributed by atoms with Gasteiger partial charge in [-0.1, -0.05) is 32.9 Å². The number of halogens is 1. The Morgan fingerprint density at radius 3 is 2.41 bits per heavy atom. The highest BCUT2D eigenvalue weighted by Crippen LogP contribution is 2.45. The fourth-order valence-corrected chi connectivity index (χ4v) is 6.19. The number of hydrogen-bond acceptors (Lipinski definition) is 6. The molecule has 3 heterocycles. The quantitative estimate of drug-likeness (QED) is 0.590.